The molecule has 2 aromatic heterocycles. The molecule has 1 amide bonds. The molecule has 6 heteroatoms. The van der Waals surface area contributed by atoms with Crippen molar-refractivity contribution in [2.24, 2.45) is 0 Å². The van der Waals surface area contributed by atoms with Gasteiger partial charge in [0.1, 0.15) is 6.26 Å². The van der Waals surface area contributed by atoms with E-state index in [0.717, 1.165) is 11.3 Å². The van der Waals surface area contributed by atoms with Gasteiger partial charge < -0.3 is 14.4 Å². The van der Waals surface area contributed by atoms with Gasteiger partial charge in [0.2, 0.25) is 0 Å². The van der Waals surface area contributed by atoms with Crippen LogP contribution in [0.1, 0.15) is 16.1 Å². The molecule has 1 N–H and O–H groups in total. The van der Waals surface area contributed by atoms with Crippen LogP contribution in [0.4, 0.5) is 0 Å². The molecule has 0 saturated heterocycles. The molecule has 0 spiro atoms. The fourth-order valence-electron chi connectivity index (χ4n) is 1.91. The van der Waals surface area contributed by atoms with Gasteiger partial charge in [0.25, 0.3) is 5.91 Å². The van der Waals surface area contributed by atoms with Crippen LogP contribution in [0.3, 0.4) is 0 Å². The first-order valence-corrected chi connectivity index (χ1v) is 6.09. The second-order valence-electron chi connectivity index (χ2n) is 4.17. The Balaban J connectivity index is 1.77. The van der Waals surface area contributed by atoms with E-state index in [1.165, 1.54) is 12.3 Å². The monoisotopic (exact) mass is 268 g/mol. The molecule has 20 heavy (non-hydrogen) atoms. The van der Waals surface area contributed by atoms with E-state index < -0.39 is 0 Å². The van der Waals surface area contributed by atoms with Gasteiger partial charge in [0.15, 0.2) is 5.69 Å². The van der Waals surface area contributed by atoms with Gasteiger partial charge in [-0.2, -0.15) is 0 Å². The Morgan fingerprint density at radius 2 is 2.20 bits per heavy atom. The maximum atomic E-state index is 11.8. The van der Waals surface area contributed by atoms with Crippen molar-refractivity contribution in [1.82, 2.24) is 20.0 Å². The summed E-state index contributed by atoms with van der Waals surface area (Å²) in [4.78, 5) is 15.9. The number of aromatic nitrogens is 3. The first kappa shape index (κ1) is 12.2. The van der Waals surface area contributed by atoms with Crippen LogP contribution in [0.15, 0.2) is 59.8 Å². The predicted molar refractivity (Wildman–Crippen MR) is 71.2 cm³/mol. The topological polar surface area (TPSA) is 73.0 Å². The highest BCUT2D eigenvalue weighted by Gasteiger charge is 2.10. The normalized spacial score (nSPS) is 10.4. The molecule has 0 atom stereocenters. The third-order valence-electron chi connectivity index (χ3n) is 2.88. The Morgan fingerprint density at radius 3 is 2.95 bits per heavy atom. The third kappa shape index (κ3) is 2.44. The minimum Gasteiger partial charge on any atom is -0.364 e. The zero-order valence-electron chi connectivity index (χ0n) is 10.6. The van der Waals surface area contributed by atoms with Gasteiger partial charge in [0.05, 0.1) is 12.0 Å². The van der Waals surface area contributed by atoms with Crippen molar-refractivity contribution in [3.8, 4) is 5.69 Å². The minimum absolute atomic E-state index is 0.265. The summed E-state index contributed by atoms with van der Waals surface area (Å²) < 4.78 is 6.55. The maximum absolute atomic E-state index is 11.8. The number of benzene rings is 1. The number of carbonyl (C=O) groups is 1. The van der Waals surface area contributed by atoms with Crippen molar-refractivity contribution in [3.05, 3.63) is 66.6 Å². The molecule has 3 rings (SSSR count). The lowest BCUT2D eigenvalue weighted by Crippen LogP contribution is -2.23. The summed E-state index contributed by atoms with van der Waals surface area (Å²) in [5.74, 6) is -0.265. The highest BCUT2D eigenvalue weighted by molar-refractivity contribution is 5.91. The van der Waals surface area contributed by atoms with Gasteiger partial charge in [-0.05, 0) is 11.6 Å². The van der Waals surface area contributed by atoms with Crippen molar-refractivity contribution in [1.29, 1.82) is 0 Å². The Morgan fingerprint density at radius 1 is 1.30 bits per heavy atom. The van der Waals surface area contributed by atoms with E-state index in [1.54, 1.807) is 12.5 Å². The van der Waals surface area contributed by atoms with Crippen molar-refractivity contribution in [2.75, 3.05) is 0 Å². The standard InChI is InChI=1S/C14H12N4O2/c19-14(12-5-8-20-17-12)16-9-11-3-1-2-4-13(11)18-7-6-15-10-18/h1-8,10H,9H2,(H,16,19). The van der Waals surface area contributed by atoms with Crippen LogP contribution in [0, 0.1) is 0 Å². The van der Waals surface area contributed by atoms with Crippen molar-refractivity contribution < 1.29 is 9.32 Å². The highest BCUT2D eigenvalue weighted by Crippen LogP contribution is 2.13. The summed E-state index contributed by atoms with van der Waals surface area (Å²) in [5, 5.41) is 6.41. The zero-order valence-corrected chi connectivity index (χ0v) is 10.6. The number of para-hydroxylation sites is 1. The van der Waals surface area contributed by atoms with Crippen LogP contribution in [-0.4, -0.2) is 20.6 Å². The first-order chi connectivity index (χ1) is 9.84. The number of hydrogen-bond donors (Lipinski definition) is 1. The molecule has 100 valence electrons. The number of imidazole rings is 1. The van der Waals surface area contributed by atoms with Gasteiger partial charge in [-0.15, -0.1) is 0 Å². The first-order valence-electron chi connectivity index (χ1n) is 6.09. The molecule has 0 aliphatic rings. The minimum atomic E-state index is -0.265. The summed E-state index contributed by atoms with van der Waals surface area (Å²) in [5.41, 5.74) is 2.23. The molecule has 0 bridgehead atoms. The van der Waals surface area contributed by atoms with E-state index in [1.807, 2.05) is 35.0 Å². The fourth-order valence-corrected chi connectivity index (χ4v) is 1.91. The molecule has 0 radical (unpaired) electrons. The van der Waals surface area contributed by atoms with Crippen LogP contribution in [0.2, 0.25) is 0 Å². The second-order valence-corrected chi connectivity index (χ2v) is 4.17. The van der Waals surface area contributed by atoms with Crippen LogP contribution in [0.5, 0.6) is 0 Å². The van der Waals surface area contributed by atoms with Crippen LogP contribution in [0.25, 0.3) is 5.69 Å². The molecule has 0 aliphatic heterocycles. The van der Waals surface area contributed by atoms with Gasteiger partial charge in [-0.1, -0.05) is 23.4 Å². The number of nitrogens with one attached hydrogen (secondary N) is 1. The maximum Gasteiger partial charge on any atom is 0.273 e. The SMILES string of the molecule is O=C(NCc1ccccc1-n1ccnc1)c1ccon1. The summed E-state index contributed by atoms with van der Waals surface area (Å²) in [6.45, 7) is 0.403. The molecule has 1 aromatic carbocycles. The Bertz CT molecular complexity index is 690. The van der Waals surface area contributed by atoms with E-state index in [0.29, 0.717) is 6.54 Å². The quantitative estimate of drug-likeness (QED) is 0.783. The van der Waals surface area contributed by atoms with Crippen LogP contribution >= 0.6 is 0 Å². The van der Waals surface area contributed by atoms with Crippen molar-refractivity contribution in [3.63, 3.8) is 0 Å². The number of amides is 1. The van der Waals surface area contributed by atoms with Crippen molar-refractivity contribution in [2.45, 2.75) is 6.54 Å². The molecule has 6 nitrogen and oxygen atoms in total. The van der Waals surface area contributed by atoms with E-state index >= 15 is 0 Å². The molecule has 0 unspecified atom stereocenters. The number of nitrogens with zero attached hydrogens (tertiary/aromatic N) is 3. The van der Waals surface area contributed by atoms with E-state index in [9.17, 15) is 4.79 Å². The number of carbonyl (C=O) groups excluding carboxylic acids is 1. The Hall–Kier alpha value is -2.89. The number of rotatable bonds is 4. The molecule has 0 fully saturated rings. The second kappa shape index (κ2) is 5.40. The summed E-state index contributed by atoms with van der Waals surface area (Å²) in [7, 11) is 0. The van der Waals surface area contributed by atoms with Gasteiger partial charge >= 0.3 is 0 Å². The molecule has 0 saturated carbocycles. The Labute approximate surface area is 115 Å². The zero-order chi connectivity index (χ0) is 13.8. The predicted octanol–water partition coefficient (Wildman–Crippen LogP) is 1.79. The summed E-state index contributed by atoms with van der Waals surface area (Å²) in [6, 6.07) is 9.32. The van der Waals surface area contributed by atoms with Crippen LogP contribution < -0.4 is 5.32 Å². The highest BCUT2D eigenvalue weighted by atomic mass is 16.5. The average molecular weight is 268 g/mol. The summed E-state index contributed by atoms with van der Waals surface area (Å²) in [6.07, 6.45) is 6.66. The van der Waals surface area contributed by atoms with Crippen LogP contribution in [-0.2, 0) is 6.54 Å². The lowest BCUT2D eigenvalue weighted by Gasteiger charge is -2.10. The molecule has 2 heterocycles. The van der Waals surface area contributed by atoms with E-state index in [-0.39, 0.29) is 11.6 Å². The third-order valence-corrected chi connectivity index (χ3v) is 2.88. The Kier molecular flexibility index (Phi) is 3.28. The average Bonchev–Trinajstić information content (AvgIpc) is 3.17. The summed E-state index contributed by atoms with van der Waals surface area (Å²) >= 11 is 0. The van der Waals surface area contributed by atoms with E-state index in [2.05, 4.69) is 20.0 Å². The lowest BCUT2D eigenvalue weighted by molar-refractivity contribution is 0.0942. The van der Waals surface area contributed by atoms with E-state index in [4.69, 9.17) is 0 Å². The molecule has 3 aromatic rings. The molecular formula is C14H12N4O2. The fraction of sp³-hybridized carbons (Fsp3) is 0.0714. The number of hydrogen-bond acceptors (Lipinski definition) is 4. The largest absolute Gasteiger partial charge is 0.364 e. The van der Waals surface area contributed by atoms with Crippen molar-refractivity contribution >= 4 is 5.91 Å². The van der Waals surface area contributed by atoms with Gasteiger partial charge in [0, 0.05) is 25.0 Å². The smallest absolute Gasteiger partial charge is 0.273 e. The van der Waals surface area contributed by atoms with Gasteiger partial charge in [-0.25, -0.2) is 4.98 Å². The lowest BCUT2D eigenvalue weighted by atomic mass is 10.1. The molecule has 0 aliphatic carbocycles. The van der Waals surface area contributed by atoms with Gasteiger partial charge in [-0.3, -0.25) is 4.79 Å². The molecular weight excluding hydrogens is 256 g/mol.